The summed E-state index contributed by atoms with van der Waals surface area (Å²) in [5, 5.41) is 7.27. The molecule has 0 radical (unpaired) electrons. The first-order valence-electron chi connectivity index (χ1n) is 4.58. The van der Waals surface area contributed by atoms with Gasteiger partial charge < -0.3 is 10.6 Å². The number of hydrogen-bond acceptors (Lipinski definition) is 2. The van der Waals surface area contributed by atoms with Gasteiger partial charge in [-0.3, -0.25) is 0 Å². The Morgan fingerprint density at radius 1 is 1.15 bits per heavy atom. The van der Waals surface area contributed by atoms with Gasteiger partial charge in [-0.15, -0.1) is 0 Å². The molecule has 13 heavy (non-hydrogen) atoms. The number of halogens is 1. The maximum absolute atomic E-state index is 5.80. The first-order chi connectivity index (χ1) is 6.25. The van der Waals surface area contributed by atoms with Crippen LogP contribution in [0.2, 0.25) is 5.02 Å². The Labute approximate surface area is 84.3 Å². The van der Waals surface area contributed by atoms with Crippen LogP contribution in [0, 0.1) is 0 Å². The Morgan fingerprint density at radius 3 is 2.46 bits per heavy atom. The summed E-state index contributed by atoms with van der Waals surface area (Å²) in [7, 11) is 0. The van der Waals surface area contributed by atoms with Crippen molar-refractivity contribution in [3.8, 4) is 0 Å². The van der Waals surface area contributed by atoms with Gasteiger partial charge in [-0.25, -0.2) is 0 Å². The van der Waals surface area contributed by atoms with E-state index < -0.39 is 0 Å². The molecule has 0 aliphatic carbocycles. The van der Waals surface area contributed by atoms with E-state index in [1.54, 1.807) is 0 Å². The van der Waals surface area contributed by atoms with Crippen LogP contribution < -0.4 is 10.6 Å². The molecule has 1 aromatic rings. The molecule has 72 valence electrons. The fourth-order valence-corrected chi connectivity index (χ4v) is 1.44. The number of nitrogens with one attached hydrogen (secondary N) is 2. The lowest BCUT2D eigenvalue weighted by atomic mass is 10.3. The van der Waals surface area contributed by atoms with Crippen molar-refractivity contribution in [3.05, 3.63) is 23.2 Å². The second-order valence-electron chi connectivity index (χ2n) is 2.70. The summed E-state index contributed by atoms with van der Waals surface area (Å²) in [6.07, 6.45) is 0.309. The molecule has 1 heterocycles. The quantitative estimate of drug-likeness (QED) is 0.666. The standard InChI is InChI=1S/C8H9ClN2.C2H6/c1-5-10-7-3-2-6(9)4-8(7)11-5;1-2/h2-5,10-11H,1H3;1-2H3. The minimum atomic E-state index is 0.309. The average Bonchev–Trinajstić information content (AvgIpc) is 2.48. The summed E-state index contributed by atoms with van der Waals surface area (Å²) in [6.45, 7) is 6.06. The molecule has 0 saturated heterocycles. The highest BCUT2D eigenvalue weighted by atomic mass is 35.5. The lowest BCUT2D eigenvalue weighted by Gasteiger charge is -2.01. The Morgan fingerprint density at radius 2 is 1.77 bits per heavy atom. The molecule has 1 aromatic carbocycles. The van der Waals surface area contributed by atoms with Gasteiger partial charge in [0.15, 0.2) is 0 Å². The zero-order valence-electron chi connectivity index (χ0n) is 8.19. The van der Waals surface area contributed by atoms with E-state index in [4.69, 9.17) is 11.6 Å². The molecule has 1 aliphatic heterocycles. The summed E-state index contributed by atoms with van der Waals surface area (Å²) in [6, 6.07) is 5.79. The number of fused-ring (bicyclic) bond motifs is 1. The fourth-order valence-electron chi connectivity index (χ4n) is 1.26. The van der Waals surface area contributed by atoms with Crippen molar-refractivity contribution in [3.63, 3.8) is 0 Å². The Bertz CT molecular complexity index is 286. The van der Waals surface area contributed by atoms with Gasteiger partial charge in [0, 0.05) is 5.02 Å². The van der Waals surface area contributed by atoms with Crippen molar-refractivity contribution in [1.82, 2.24) is 0 Å². The van der Waals surface area contributed by atoms with Gasteiger partial charge in [0.05, 0.1) is 17.5 Å². The summed E-state index contributed by atoms with van der Waals surface area (Å²) in [5.41, 5.74) is 2.21. The van der Waals surface area contributed by atoms with Crippen LogP contribution in [0.15, 0.2) is 18.2 Å². The van der Waals surface area contributed by atoms with E-state index in [2.05, 4.69) is 17.6 Å². The van der Waals surface area contributed by atoms with E-state index >= 15 is 0 Å². The van der Waals surface area contributed by atoms with Crippen LogP contribution in [0.4, 0.5) is 11.4 Å². The predicted molar refractivity (Wildman–Crippen MR) is 59.5 cm³/mol. The first kappa shape index (κ1) is 10.2. The molecule has 0 aromatic heterocycles. The molecule has 1 aliphatic rings. The van der Waals surface area contributed by atoms with Crippen LogP contribution in [-0.4, -0.2) is 6.17 Å². The van der Waals surface area contributed by atoms with Gasteiger partial charge in [-0.05, 0) is 25.1 Å². The Hall–Kier alpha value is -0.890. The largest absolute Gasteiger partial charge is 0.364 e. The zero-order chi connectivity index (χ0) is 9.84. The van der Waals surface area contributed by atoms with Crippen LogP contribution in [0.3, 0.4) is 0 Å². The average molecular weight is 199 g/mol. The minimum Gasteiger partial charge on any atom is -0.364 e. The van der Waals surface area contributed by atoms with E-state index in [1.165, 1.54) is 0 Å². The van der Waals surface area contributed by atoms with Crippen molar-refractivity contribution in [2.75, 3.05) is 10.6 Å². The molecule has 2 rings (SSSR count). The van der Waals surface area contributed by atoms with Crippen molar-refractivity contribution < 1.29 is 0 Å². The molecule has 0 saturated carbocycles. The first-order valence-corrected chi connectivity index (χ1v) is 4.96. The summed E-state index contributed by atoms with van der Waals surface area (Å²) in [5.74, 6) is 0. The van der Waals surface area contributed by atoms with Gasteiger partial charge in [-0.1, -0.05) is 25.4 Å². The molecule has 3 heteroatoms. The third kappa shape index (κ3) is 2.28. The molecule has 0 bridgehead atoms. The molecular formula is C10H15ClN2. The molecule has 1 atom stereocenters. The fraction of sp³-hybridized carbons (Fsp3) is 0.400. The van der Waals surface area contributed by atoms with Crippen molar-refractivity contribution >= 4 is 23.0 Å². The van der Waals surface area contributed by atoms with Gasteiger partial charge in [0.2, 0.25) is 0 Å². The minimum absolute atomic E-state index is 0.309. The highest BCUT2D eigenvalue weighted by Crippen LogP contribution is 2.30. The van der Waals surface area contributed by atoms with Crippen molar-refractivity contribution in [2.24, 2.45) is 0 Å². The monoisotopic (exact) mass is 198 g/mol. The Kier molecular flexibility index (Phi) is 3.43. The van der Waals surface area contributed by atoms with Crippen LogP contribution >= 0.6 is 11.6 Å². The van der Waals surface area contributed by atoms with Crippen LogP contribution in [0.5, 0.6) is 0 Å². The second-order valence-corrected chi connectivity index (χ2v) is 3.14. The van der Waals surface area contributed by atoms with E-state index in [0.717, 1.165) is 16.4 Å². The van der Waals surface area contributed by atoms with Crippen molar-refractivity contribution in [1.29, 1.82) is 0 Å². The lowest BCUT2D eigenvalue weighted by Crippen LogP contribution is -2.16. The highest BCUT2D eigenvalue weighted by molar-refractivity contribution is 6.31. The van der Waals surface area contributed by atoms with E-state index in [-0.39, 0.29) is 0 Å². The lowest BCUT2D eigenvalue weighted by molar-refractivity contribution is 0.956. The predicted octanol–water partition coefficient (Wildman–Crippen LogP) is 3.55. The maximum atomic E-state index is 5.80. The molecule has 2 nitrogen and oxygen atoms in total. The summed E-state index contributed by atoms with van der Waals surface area (Å²) < 4.78 is 0. The number of benzene rings is 1. The maximum Gasteiger partial charge on any atom is 0.0935 e. The summed E-state index contributed by atoms with van der Waals surface area (Å²) in [4.78, 5) is 0. The molecule has 0 spiro atoms. The van der Waals surface area contributed by atoms with Gasteiger partial charge >= 0.3 is 0 Å². The number of anilines is 2. The van der Waals surface area contributed by atoms with Crippen LogP contribution in [0.1, 0.15) is 20.8 Å². The van der Waals surface area contributed by atoms with Crippen LogP contribution in [-0.2, 0) is 0 Å². The van der Waals surface area contributed by atoms with Gasteiger partial charge in [0.25, 0.3) is 0 Å². The second kappa shape index (κ2) is 4.38. The molecule has 0 amide bonds. The molecular weight excluding hydrogens is 184 g/mol. The smallest absolute Gasteiger partial charge is 0.0935 e. The van der Waals surface area contributed by atoms with E-state index in [9.17, 15) is 0 Å². The normalized spacial score (nSPS) is 17.7. The third-order valence-electron chi connectivity index (χ3n) is 1.73. The van der Waals surface area contributed by atoms with Crippen molar-refractivity contribution in [2.45, 2.75) is 26.9 Å². The molecule has 2 N–H and O–H groups in total. The van der Waals surface area contributed by atoms with Gasteiger partial charge in [0.1, 0.15) is 0 Å². The molecule has 1 unspecified atom stereocenters. The van der Waals surface area contributed by atoms with Crippen LogP contribution in [0.25, 0.3) is 0 Å². The molecule has 0 fully saturated rings. The zero-order valence-corrected chi connectivity index (χ0v) is 8.94. The summed E-state index contributed by atoms with van der Waals surface area (Å²) >= 11 is 5.80. The van der Waals surface area contributed by atoms with E-state index in [0.29, 0.717) is 6.17 Å². The van der Waals surface area contributed by atoms with Gasteiger partial charge in [-0.2, -0.15) is 0 Å². The number of hydrogen-bond donors (Lipinski definition) is 2. The number of rotatable bonds is 0. The third-order valence-corrected chi connectivity index (χ3v) is 1.96. The van der Waals surface area contributed by atoms with E-state index in [1.807, 2.05) is 32.0 Å². The SMILES string of the molecule is CC.CC1Nc2ccc(Cl)cc2N1. The highest BCUT2D eigenvalue weighted by Gasteiger charge is 2.14. The Balaban J connectivity index is 0.000000396. The topological polar surface area (TPSA) is 24.1 Å².